The number of ketones is 1. The molecule has 0 atom stereocenters. The second-order valence-corrected chi connectivity index (χ2v) is 10.3. The normalized spacial score (nSPS) is 12.4. The van der Waals surface area contributed by atoms with E-state index in [1.807, 2.05) is 43.0 Å². The van der Waals surface area contributed by atoms with Crippen LogP contribution in [0, 0.1) is 6.92 Å². The molecule has 0 bridgehead atoms. The molecule has 0 saturated carbocycles. The van der Waals surface area contributed by atoms with Crippen LogP contribution in [-0.2, 0) is 13.0 Å². The van der Waals surface area contributed by atoms with Crippen molar-refractivity contribution in [1.29, 1.82) is 0 Å². The highest BCUT2D eigenvalue weighted by atomic mass is 16.5. The van der Waals surface area contributed by atoms with E-state index in [1.165, 1.54) is 0 Å². The van der Waals surface area contributed by atoms with Gasteiger partial charge in [0.25, 0.3) is 5.91 Å². The molecule has 0 unspecified atom stereocenters. The molecule has 220 valence electrons. The number of aryl methyl sites for hydroxylation is 1. The Hall–Kier alpha value is -5.09. The number of benzene rings is 2. The summed E-state index contributed by atoms with van der Waals surface area (Å²) < 4.78 is 6.04. The van der Waals surface area contributed by atoms with Crippen LogP contribution in [0.1, 0.15) is 54.7 Å². The molecule has 1 aliphatic heterocycles. The maximum absolute atomic E-state index is 13.4. The van der Waals surface area contributed by atoms with Crippen LogP contribution in [0.2, 0.25) is 0 Å². The van der Waals surface area contributed by atoms with Crippen LogP contribution in [-0.4, -0.2) is 59.5 Å². The smallest absolute Gasteiger partial charge is 0.335 e. The minimum absolute atomic E-state index is 0.0547. The summed E-state index contributed by atoms with van der Waals surface area (Å²) in [5.41, 5.74) is 4.67. The number of hydrogen-bond donors (Lipinski definition) is 2. The van der Waals surface area contributed by atoms with Crippen molar-refractivity contribution in [1.82, 2.24) is 15.3 Å². The van der Waals surface area contributed by atoms with Gasteiger partial charge in [-0.1, -0.05) is 12.1 Å². The van der Waals surface area contributed by atoms with Crippen LogP contribution in [0.4, 0.5) is 17.3 Å². The van der Waals surface area contributed by atoms with Crippen LogP contribution in [0.25, 0.3) is 0 Å². The van der Waals surface area contributed by atoms with Crippen molar-refractivity contribution in [2.75, 3.05) is 36.5 Å². The number of carboxylic acid groups (broad SMARTS) is 1. The van der Waals surface area contributed by atoms with Gasteiger partial charge in [0.2, 0.25) is 0 Å². The maximum atomic E-state index is 13.4. The molecule has 2 N–H and O–H groups in total. The van der Waals surface area contributed by atoms with Gasteiger partial charge in [0, 0.05) is 44.5 Å². The van der Waals surface area contributed by atoms with Crippen molar-refractivity contribution in [2.24, 2.45) is 0 Å². The Bertz CT molecular complexity index is 1670. The van der Waals surface area contributed by atoms with Gasteiger partial charge in [-0.3, -0.25) is 9.59 Å². The largest absolute Gasteiger partial charge is 0.493 e. The van der Waals surface area contributed by atoms with Crippen LogP contribution in [0.15, 0.2) is 73.1 Å². The predicted molar refractivity (Wildman–Crippen MR) is 164 cm³/mol. The van der Waals surface area contributed by atoms with Gasteiger partial charge in [0.05, 0.1) is 30.0 Å². The van der Waals surface area contributed by atoms with Crippen LogP contribution >= 0.6 is 0 Å². The number of anilines is 3. The van der Waals surface area contributed by atoms with E-state index in [0.29, 0.717) is 54.6 Å². The van der Waals surface area contributed by atoms with E-state index in [9.17, 15) is 14.4 Å². The zero-order valence-corrected chi connectivity index (χ0v) is 24.3. The molecule has 1 aliphatic rings. The Labute approximate surface area is 250 Å². The standard InChI is InChI=1S/C33H33N5O5/c1-4-38-30-26(32(40)37(3)27-6-5-14-35-31(27)38)17-23(19-36-30)13-15-43-29-12-11-25(16-21(29)2)28(39)20-34-18-22-7-9-24(10-8-22)33(41)42/h5-12,14,16-17,19,34H,4,13,15,18,20H2,1-3H3,(H,41,42). The van der Waals surface area contributed by atoms with Gasteiger partial charge in [0.1, 0.15) is 11.6 Å². The number of fused-ring (bicyclic) bond motifs is 2. The quantitative estimate of drug-likeness (QED) is 0.241. The number of amides is 1. The molecule has 0 saturated heterocycles. The third-order valence-electron chi connectivity index (χ3n) is 7.37. The summed E-state index contributed by atoms with van der Waals surface area (Å²) in [6, 6.07) is 17.5. The van der Waals surface area contributed by atoms with Gasteiger partial charge < -0.3 is 25.0 Å². The molecule has 5 rings (SSSR count). The Morgan fingerprint density at radius 1 is 0.977 bits per heavy atom. The molecule has 43 heavy (non-hydrogen) atoms. The number of pyridine rings is 2. The van der Waals surface area contributed by atoms with E-state index in [4.69, 9.17) is 9.84 Å². The Morgan fingerprint density at radius 2 is 1.74 bits per heavy atom. The summed E-state index contributed by atoms with van der Waals surface area (Å²) in [7, 11) is 1.75. The molecule has 0 spiro atoms. The van der Waals surface area contributed by atoms with Gasteiger partial charge in [-0.25, -0.2) is 14.8 Å². The number of aromatic nitrogens is 2. The highest BCUT2D eigenvalue weighted by Crippen LogP contribution is 2.37. The van der Waals surface area contributed by atoms with E-state index in [0.717, 1.165) is 22.4 Å². The minimum atomic E-state index is -0.971. The molecule has 0 aliphatic carbocycles. The third kappa shape index (κ3) is 6.39. The second-order valence-electron chi connectivity index (χ2n) is 10.3. The number of Topliss-reactive ketones (excluding diaryl/α,β-unsaturated/α-hetero) is 1. The molecule has 10 nitrogen and oxygen atoms in total. The molecule has 0 fully saturated rings. The highest BCUT2D eigenvalue weighted by molar-refractivity contribution is 6.12. The summed E-state index contributed by atoms with van der Waals surface area (Å²) in [6.07, 6.45) is 4.03. The van der Waals surface area contributed by atoms with Crippen molar-refractivity contribution in [3.8, 4) is 5.75 Å². The minimum Gasteiger partial charge on any atom is -0.493 e. The van der Waals surface area contributed by atoms with Crippen molar-refractivity contribution >= 4 is 35.0 Å². The number of hydrogen-bond acceptors (Lipinski definition) is 8. The number of ether oxygens (including phenoxy) is 1. The summed E-state index contributed by atoms with van der Waals surface area (Å²) >= 11 is 0. The zero-order chi connectivity index (χ0) is 30.5. The topological polar surface area (TPSA) is 125 Å². The summed E-state index contributed by atoms with van der Waals surface area (Å²) in [6.45, 7) is 5.49. The van der Waals surface area contributed by atoms with E-state index in [-0.39, 0.29) is 23.8 Å². The van der Waals surface area contributed by atoms with E-state index < -0.39 is 5.97 Å². The molecule has 4 aromatic rings. The van der Waals surface area contributed by atoms with Crippen LogP contribution < -0.4 is 19.9 Å². The summed E-state index contributed by atoms with van der Waals surface area (Å²) in [5.74, 6) is 0.797. The fourth-order valence-electron chi connectivity index (χ4n) is 5.01. The van der Waals surface area contributed by atoms with E-state index >= 15 is 0 Å². The number of carboxylic acids is 1. The number of nitrogens with zero attached hydrogens (tertiary/aromatic N) is 4. The van der Waals surface area contributed by atoms with Gasteiger partial charge >= 0.3 is 5.97 Å². The van der Waals surface area contributed by atoms with Crippen molar-refractivity contribution in [3.05, 3.63) is 106 Å². The van der Waals surface area contributed by atoms with Gasteiger partial charge in [-0.15, -0.1) is 0 Å². The number of rotatable bonds is 11. The zero-order valence-electron chi connectivity index (χ0n) is 24.3. The van der Waals surface area contributed by atoms with Crippen LogP contribution in [0.3, 0.4) is 0 Å². The van der Waals surface area contributed by atoms with Crippen molar-refractivity contribution in [3.63, 3.8) is 0 Å². The lowest BCUT2D eigenvalue weighted by molar-refractivity contribution is 0.0696. The number of carbonyl (C=O) groups excluding carboxylic acids is 2. The summed E-state index contributed by atoms with van der Waals surface area (Å²) in [5, 5.41) is 12.1. The first-order chi connectivity index (χ1) is 20.8. The van der Waals surface area contributed by atoms with Crippen molar-refractivity contribution in [2.45, 2.75) is 26.8 Å². The van der Waals surface area contributed by atoms with Crippen LogP contribution in [0.5, 0.6) is 5.75 Å². The fourth-order valence-corrected chi connectivity index (χ4v) is 5.01. The Kier molecular flexibility index (Phi) is 8.77. The number of carbonyl (C=O) groups is 3. The van der Waals surface area contributed by atoms with E-state index in [1.54, 1.807) is 60.7 Å². The Balaban J connectivity index is 1.18. The summed E-state index contributed by atoms with van der Waals surface area (Å²) in [4.78, 5) is 49.8. The average Bonchev–Trinajstić information content (AvgIpc) is 3.10. The van der Waals surface area contributed by atoms with E-state index in [2.05, 4.69) is 15.3 Å². The maximum Gasteiger partial charge on any atom is 0.335 e. The molecule has 2 aromatic carbocycles. The predicted octanol–water partition coefficient (Wildman–Crippen LogP) is 4.83. The molecule has 10 heteroatoms. The molecular formula is C33H33N5O5. The lowest BCUT2D eigenvalue weighted by atomic mass is 10.1. The highest BCUT2D eigenvalue weighted by Gasteiger charge is 2.30. The first-order valence-corrected chi connectivity index (χ1v) is 14.1. The molecule has 3 heterocycles. The van der Waals surface area contributed by atoms with Gasteiger partial charge in [-0.05, 0) is 79.1 Å². The van der Waals surface area contributed by atoms with Crippen molar-refractivity contribution < 1.29 is 24.2 Å². The van der Waals surface area contributed by atoms with Gasteiger partial charge in [0.15, 0.2) is 11.6 Å². The number of nitrogens with one attached hydrogen (secondary N) is 1. The lowest BCUT2D eigenvalue weighted by Gasteiger charge is -2.22. The SMILES string of the molecule is CCN1c2ncc(CCOc3ccc(C(=O)CNCc4ccc(C(=O)O)cc4)cc3C)cc2C(=O)N(C)c2cccnc21. The monoisotopic (exact) mass is 579 g/mol. The number of aromatic carboxylic acids is 1. The molecule has 1 amide bonds. The third-order valence-corrected chi connectivity index (χ3v) is 7.37. The molecule has 2 aromatic heterocycles. The molecule has 0 radical (unpaired) electrons. The molecular weight excluding hydrogens is 546 g/mol. The fraction of sp³-hybridized carbons (Fsp3) is 0.242. The first-order valence-electron chi connectivity index (χ1n) is 14.1. The van der Waals surface area contributed by atoms with Gasteiger partial charge in [-0.2, -0.15) is 0 Å². The lowest BCUT2D eigenvalue weighted by Crippen LogP contribution is -2.25. The Morgan fingerprint density at radius 3 is 2.47 bits per heavy atom. The average molecular weight is 580 g/mol. The first kappa shape index (κ1) is 29.4. The second kappa shape index (κ2) is 12.8.